The van der Waals surface area contributed by atoms with Crippen molar-refractivity contribution >= 4 is 28.8 Å². The molecule has 0 aliphatic heterocycles. The average molecular weight is 473 g/mol. The summed E-state index contributed by atoms with van der Waals surface area (Å²) in [4.78, 5) is 34.4. The molecule has 4 aromatic rings. The zero-order valence-corrected chi connectivity index (χ0v) is 18.7. The molecule has 0 saturated carbocycles. The predicted molar refractivity (Wildman–Crippen MR) is 119 cm³/mol. The number of aromatic nitrogens is 5. The van der Waals surface area contributed by atoms with Crippen LogP contribution in [0.2, 0.25) is 5.02 Å². The van der Waals surface area contributed by atoms with Crippen LogP contribution in [-0.4, -0.2) is 30.2 Å². The predicted octanol–water partition coefficient (Wildman–Crippen LogP) is 3.27. The lowest BCUT2D eigenvalue weighted by Crippen LogP contribution is -2.24. The standard InChI is InChI=1S/C21H18ClFN6O2S/c1-12-7-16(22)17(24-8-12)9-25-19(30)18-13(2)27-20(32-18)28-11-26-29(21(28)31)10-14-3-5-15(23)6-4-14/h3-8,11H,9-10H2,1-2H3,(H,25,30). The number of carbonyl (C=O) groups is 1. The molecule has 164 valence electrons. The van der Waals surface area contributed by atoms with E-state index in [1.54, 1.807) is 31.3 Å². The van der Waals surface area contributed by atoms with Gasteiger partial charge in [0, 0.05) is 6.20 Å². The molecule has 1 N–H and O–H groups in total. The molecule has 0 radical (unpaired) electrons. The third kappa shape index (κ3) is 4.61. The molecule has 3 heterocycles. The fourth-order valence-electron chi connectivity index (χ4n) is 2.97. The van der Waals surface area contributed by atoms with E-state index in [2.05, 4.69) is 20.4 Å². The Kier molecular flexibility index (Phi) is 6.15. The monoisotopic (exact) mass is 472 g/mol. The number of carbonyl (C=O) groups excluding carboxylic acids is 1. The van der Waals surface area contributed by atoms with Crippen molar-refractivity contribution in [1.29, 1.82) is 0 Å². The number of halogens is 2. The minimum absolute atomic E-state index is 0.167. The highest BCUT2D eigenvalue weighted by Crippen LogP contribution is 2.21. The van der Waals surface area contributed by atoms with E-state index in [0.717, 1.165) is 22.5 Å². The number of pyridine rings is 1. The summed E-state index contributed by atoms with van der Waals surface area (Å²) in [5, 5.41) is 7.69. The maximum atomic E-state index is 13.1. The molecule has 8 nitrogen and oxygen atoms in total. The summed E-state index contributed by atoms with van der Waals surface area (Å²) in [6.45, 7) is 3.93. The van der Waals surface area contributed by atoms with Gasteiger partial charge in [-0.05, 0) is 43.2 Å². The van der Waals surface area contributed by atoms with Gasteiger partial charge in [-0.1, -0.05) is 35.1 Å². The van der Waals surface area contributed by atoms with E-state index >= 15 is 0 Å². The third-order valence-corrected chi connectivity index (χ3v) is 6.13. The SMILES string of the molecule is Cc1cnc(CNC(=O)c2sc(-n3cnn(Cc4ccc(F)cc4)c3=O)nc2C)c(Cl)c1. The second-order valence-electron chi connectivity index (χ2n) is 7.10. The highest BCUT2D eigenvalue weighted by atomic mass is 35.5. The molecule has 0 spiro atoms. The second kappa shape index (κ2) is 9.01. The molecule has 0 unspecified atom stereocenters. The van der Waals surface area contributed by atoms with Crippen LogP contribution in [0.5, 0.6) is 0 Å². The molecule has 0 saturated heterocycles. The lowest BCUT2D eigenvalue weighted by atomic mass is 10.2. The maximum Gasteiger partial charge on any atom is 0.352 e. The van der Waals surface area contributed by atoms with Crippen molar-refractivity contribution < 1.29 is 9.18 Å². The highest BCUT2D eigenvalue weighted by molar-refractivity contribution is 7.16. The lowest BCUT2D eigenvalue weighted by molar-refractivity contribution is 0.0953. The minimum Gasteiger partial charge on any atom is -0.346 e. The van der Waals surface area contributed by atoms with Gasteiger partial charge in [0.25, 0.3) is 5.91 Å². The van der Waals surface area contributed by atoms with Gasteiger partial charge in [0.15, 0.2) is 5.13 Å². The molecule has 1 amide bonds. The van der Waals surface area contributed by atoms with Crippen LogP contribution >= 0.6 is 22.9 Å². The first-order chi connectivity index (χ1) is 15.3. The van der Waals surface area contributed by atoms with Crippen molar-refractivity contribution in [3.05, 3.63) is 91.6 Å². The number of rotatable bonds is 6. The van der Waals surface area contributed by atoms with Gasteiger partial charge in [-0.2, -0.15) is 5.10 Å². The Bertz CT molecular complexity index is 1350. The van der Waals surface area contributed by atoms with E-state index in [4.69, 9.17) is 11.6 Å². The molecular weight excluding hydrogens is 455 g/mol. The van der Waals surface area contributed by atoms with E-state index in [1.807, 2.05) is 6.92 Å². The molecule has 0 bridgehead atoms. The molecule has 3 aromatic heterocycles. The van der Waals surface area contributed by atoms with Crippen LogP contribution in [0.4, 0.5) is 4.39 Å². The largest absolute Gasteiger partial charge is 0.352 e. The lowest BCUT2D eigenvalue weighted by Gasteiger charge is -2.06. The van der Waals surface area contributed by atoms with E-state index < -0.39 is 5.69 Å². The van der Waals surface area contributed by atoms with Crippen molar-refractivity contribution in [2.45, 2.75) is 26.9 Å². The van der Waals surface area contributed by atoms with Gasteiger partial charge < -0.3 is 5.32 Å². The molecule has 0 atom stereocenters. The molecule has 0 aliphatic carbocycles. The maximum absolute atomic E-state index is 13.1. The van der Waals surface area contributed by atoms with Crippen molar-refractivity contribution in [3.8, 4) is 5.13 Å². The van der Waals surface area contributed by atoms with E-state index in [9.17, 15) is 14.0 Å². The second-order valence-corrected chi connectivity index (χ2v) is 8.49. The van der Waals surface area contributed by atoms with Gasteiger partial charge in [0.2, 0.25) is 0 Å². The van der Waals surface area contributed by atoms with Crippen molar-refractivity contribution in [1.82, 2.24) is 29.6 Å². The van der Waals surface area contributed by atoms with Crippen LogP contribution in [-0.2, 0) is 13.1 Å². The quantitative estimate of drug-likeness (QED) is 0.464. The summed E-state index contributed by atoms with van der Waals surface area (Å²) in [6, 6.07) is 7.61. The average Bonchev–Trinajstić information content (AvgIpc) is 3.31. The molecular formula is C21H18ClFN6O2S. The van der Waals surface area contributed by atoms with Gasteiger partial charge in [0.05, 0.1) is 29.5 Å². The summed E-state index contributed by atoms with van der Waals surface area (Å²) in [7, 11) is 0. The molecule has 0 fully saturated rings. The van der Waals surface area contributed by atoms with Crippen LogP contribution < -0.4 is 11.0 Å². The van der Waals surface area contributed by atoms with Crippen LogP contribution in [0.3, 0.4) is 0 Å². The van der Waals surface area contributed by atoms with E-state index in [-0.39, 0.29) is 24.8 Å². The van der Waals surface area contributed by atoms with Gasteiger partial charge in [-0.25, -0.2) is 23.4 Å². The highest BCUT2D eigenvalue weighted by Gasteiger charge is 2.19. The number of aryl methyl sites for hydroxylation is 2. The summed E-state index contributed by atoms with van der Waals surface area (Å²) in [6.07, 6.45) is 3.03. The number of benzene rings is 1. The first-order valence-corrected chi connectivity index (χ1v) is 10.8. The minimum atomic E-state index is -0.411. The number of hydrogen-bond donors (Lipinski definition) is 1. The van der Waals surface area contributed by atoms with Crippen LogP contribution in [0, 0.1) is 19.7 Å². The fraction of sp³-hybridized carbons (Fsp3) is 0.190. The number of nitrogens with zero attached hydrogens (tertiary/aromatic N) is 5. The molecule has 11 heteroatoms. The van der Waals surface area contributed by atoms with Gasteiger partial charge in [-0.15, -0.1) is 0 Å². The summed E-state index contributed by atoms with van der Waals surface area (Å²) in [5.41, 5.74) is 2.30. The Morgan fingerprint density at radius 2 is 2.00 bits per heavy atom. The third-order valence-electron chi connectivity index (χ3n) is 4.65. The van der Waals surface area contributed by atoms with Crippen LogP contribution in [0.15, 0.2) is 47.7 Å². The molecule has 32 heavy (non-hydrogen) atoms. The number of hydrogen-bond acceptors (Lipinski definition) is 6. The molecule has 4 rings (SSSR count). The summed E-state index contributed by atoms with van der Waals surface area (Å²) >= 11 is 7.25. The smallest absolute Gasteiger partial charge is 0.346 e. The van der Waals surface area contributed by atoms with Crippen molar-refractivity contribution in [2.75, 3.05) is 0 Å². The first kappa shape index (κ1) is 21.8. The Labute approximate surface area is 191 Å². The fourth-order valence-corrected chi connectivity index (χ4v) is 4.21. The van der Waals surface area contributed by atoms with Crippen LogP contribution in [0.25, 0.3) is 5.13 Å². The van der Waals surface area contributed by atoms with Gasteiger partial charge in [0.1, 0.15) is 17.0 Å². The Balaban J connectivity index is 1.50. The molecule has 0 aliphatic rings. The first-order valence-electron chi connectivity index (χ1n) is 9.57. The van der Waals surface area contributed by atoms with Gasteiger partial charge in [-0.3, -0.25) is 9.78 Å². The topological polar surface area (TPSA) is 94.7 Å². The van der Waals surface area contributed by atoms with Crippen molar-refractivity contribution in [2.24, 2.45) is 0 Å². The molecule has 1 aromatic carbocycles. The Morgan fingerprint density at radius 3 is 2.72 bits per heavy atom. The number of nitrogens with one attached hydrogen (secondary N) is 1. The Morgan fingerprint density at radius 1 is 1.25 bits per heavy atom. The van der Waals surface area contributed by atoms with E-state index in [0.29, 0.717) is 26.4 Å². The zero-order valence-electron chi connectivity index (χ0n) is 17.2. The summed E-state index contributed by atoms with van der Waals surface area (Å²) < 4.78 is 15.6. The Hall–Kier alpha value is -3.37. The number of amides is 1. The zero-order chi connectivity index (χ0) is 22.8. The number of thiazole rings is 1. The summed E-state index contributed by atoms with van der Waals surface area (Å²) in [5.74, 6) is -0.687. The van der Waals surface area contributed by atoms with Crippen LogP contribution in [0.1, 0.15) is 32.2 Å². The van der Waals surface area contributed by atoms with E-state index in [1.165, 1.54) is 27.7 Å². The normalized spacial score (nSPS) is 11.0. The van der Waals surface area contributed by atoms with Crippen molar-refractivity contribution in [3.63, 3.8) is 0 Å². The van der Waals surface area contributed by atoms with Gasteiger partial charge >= 0.3 is 5.69 Å².